The Hall–Kier alpha value is -1.12. The molecule has 0 spiro atoms. The monoisotopic (exact) mass is 181 g/mol. The second-order valence-electron chi connectivity index (χ2n) is 3.86. The van der Waals surface area contributed by atoms with Gasteiger partial charge in [-0.15, -0.1) is 0 Å². The molecule has 3 heteroatoms. The normalized spacial score (nSPS) is 17.7. The zero-order chi connectivity index (χ0) is 10.2. The minimum Gasteiger partial charge on any atom is -0.273 e. The topological polar surface area (TPSA) is 37.4 Å². The smallest absolute Gasteiger partial charge is 0.257 e. The first-order chi connectivity index (χ1) is 5.95. The Labute approximate surface area is 78.4 Å². The maximum Gasteiger partial charge on any atom is 0.257 e. The first kappa shape index (κ1) is 9.96. The molecule has 0 aromatic carbocycles. The van der Waals surface area contributed by atoms with E-state index in [2.05, 4.69) is 0 Å². The van der Waals surface area contributed by atoms with Crippen LogP contribution in [-0.4, -0.2) is 22.8 Å². The molecule has 0 unspecified atom stereocenters. The number of hydrogen-bond acceptors (Lipinski definition) is 2. The van der Waals surface area contributed by atoms with Gasteiger partial charge in [-0.05, 0) is 19.8 Å². The molecule has 0 radical (unpaired) electrons. The Morgan fingerprint density at radius 1 is 1.15 bits per heavy atom. The molecular weight excluding hydrogens is 166 g/mol. The van der Waals surface area contributed by atoms with Crippen molar-refractivity contribution in [3.63, 3.8) is 0 Å². The van der Waals surface area contributed by atoms with Crippen molar-refractivity contribution in [3.8, 4) is 0 Å². The van der Waals surface area contributed by atoms with Crippen molar-refractivity contribution in [2.75, 3.05) is 0 Å². The summed E-state index contributed by atoms with van der Waals surface area (Å²) < 4.78 is 0. The van der Waals surface area contributed by atoms with Crippen LogP contribution in [0.5, 0.6) is 0 Å². The lowest BCUT2D eigenvalue weighted by Gasteiger charge is -2.19. The van der Waals surface area contributed by atoms with Gasteiger partial charge in [-0.2, -0.15) is 0 Å². The molecule has 1 aliphatic rings. The summed E-state index contributed by atoms with van der Waals surface area (Å²) in [6, 6.07) is -0.0486. The first-order valence-corrected chi connectivity index (χ1v) is 4.54. The predicted molar refractivity (Wildman–Crippen MR) is 49.9 cm³/mol. The maximum absolute atomic E-state index is 11.6. The molecule has 0 saturated heterocycles. The average Bonchev–Trinajstić information content (AvgIpc) is 2.26. The number of imide groups is 1. The summed E-state index contributed by atoms with van der Waals surface area (Å²) >= 11 is 0. The summed E-state index contributed by atoms with van der Waals surface area (Å²) in [6.45, 7) is 7.52. The van der Waals surface area contributed by atoms with Gasteiger partial charge in [0.15, 0.2) is 0 Å². The van der Waals surface area contributed by atoms with E-state index >= 15 is 0 Å². The Kier molecular flexibility index (Phi) is 2.55. The summed E-state index contributed by atoms with van der Waals surface area (Å²) in [6.07, 6.45) is 1.45. The second-order valence-corrected chi connectivity index (χ2v) is 3.86. The van der Waals surface area contributed by atoms with Gasteiger partial charge in [0.1, 0.15) is 0 Å². The van der Waals surface area contributed by atoms with Crippen molar-refractivity contribution in [1.29, 1.82) is 0 Å². The van der Waals surface area contributed by atoms with Crippen LogP contribution in [0.4, 0.5) is 0 Å². The molecule has 0 aromatic heterocycles. The van der Waals surface area contributed by atoms with Gasteiger partial charge in [-0.1, -0.05) is 13.8 Å². The first-order valence-electron chi connectivity index (χ1n) is 4.54. The number of rotatable bonds is 2. The molecule has 1 heterocycles. The van der Waals surface area contributed by atoms with Crippen molar-refractivity contribution < 1.29 is 9.59 Å². The van der Waals surface area contributed by atoms with Gasteiger partial charge < -0.3 is 0 Å². The highest BCUT2D eigenvalue weighted by atomic mass is 16.2. The molecule has 2 amide bonds. The van der Waals surface area contributed by atoms with Crippen LogP contribution in [0.3, 0.4) is 0 Å². The van der Waals surface area contributed by atoms with Gasteiger partial charge in [0, 0.05) is 17.7 Å². The number of hydrogen-bond donors (Lipinski definition) is 0. The predicted octanol–water partition coefficient (Wildman–Crippen LogP) is 1.35. The third-order valence-electron chi connectivity index (χ3n) is 2.12. The van der Waals surface area contributed by atoms with Crippen LogP contribution >= 0.6 is 0 Å². The average molecular weight is 181 g/mol. The van der Waals surface area contributed by atoms with Gasteiger partial charge in [0.2, 0.25) is 0 Å². The molecule has 0 fully saturated rings. The molecule has 3 nitrogen and oxygen atoms in total. The lowest BCUT2D eigenvalue weighted by molar-refractivity contribution is -0.139. The minimum atomic E-state index is -0.177. The van der Waals surface area contributed by atoms with Crippen LogP contribution in [0.15, 0.2) is 11.6 Å². The number of nitrogens with zero attached hydrogens (tertiary/aromatic N) is 1. The van der Waals surface area contributed by atoms with Gasteiger partial charge >= 0.3 is 0 Å². The van der Waals surface area contributed by atoms with Crippen molar-refractivity contribution in [2.45, 2.75) is 33.7 Å². The van der Waals surface area contributed by atoms with E-state index in [0.29, 0.717) is 5.57 Å². The molecule has 1 aliphatic heterocycles. The van der Waals surface area contributed by atoms with Crippen molar-refractivity contribution in [2.24, 2.45) is 5.92 Å². The minimum absolute atomic E-state index is 0.0486. The van der Waals surface area contributed by atoms with E-state index in [1.165, 1.54) is 11.0 Å². The standard InChI is InChI=1S/C10H15NO2/c1-6(2)8-5-9(12)11(7(3)4)10(8)13/h5-7H,1-4H3. The van der Waals surface area contributed by atoms with E-state index in [1.54, 1.807) is 0 Å². The largest absolute Gasteiger partial charge is 0.273 e. The summed E-state index contributed by atoms with van der Waals surface area (Å²) in [5.41, 5.74) is 0.624. The van der Waals surface area contributed by atoms with Crippen LogP contribution in [-0.2, 0) is 9.59 Å². The zero-order valence-electron chi connectivity index (χ0n) is 8.50. The third-order valence-corrected chi connectivity index (χ3v) is 2.12. The SMILES string of the molecule is CC(C)C1=CC(=O)N(C(C)C)C1=O. The highest BCUT2D eigenvalue weighted by Gasteiger charge is 2.33. The molecule has 0 atom stereocenters. The molecule has 0 aromatic rings. The van der Waals surface area contributed by atoms with Crippen molar-refractivity contribution >= 4 is 11.8 Å². The van der Waals surface area contributed by atoms with E-state index in [1.807, 2.05) is 27.7 Å². The van der Waals surface area contributed by atoms with E-state index in [0.717, 1.165) is 0 Å². The van der Waals surface area contributed by atoms with E-state index in [9.17, 15) is 9.59 Å². The van der Waals surface area contributed by atoms with Crippen LogP contribution in [0, 0.1) is 5.92 Å². The molecule has 1 rings (SSSR count). The van der Waals surface area contributed by atoms with E-state index in [-0.39, 0.29) is 23.8 Å². The number of amides is 2. The Morgan fingerprint density at radius 2 is 1.69 bits per heavy atom. The Morgan fingerprint density at radius 3 is 1.92 bits per heavy atom. The lowest BCUT2D eigenvalue weighted by atomic mass is 10.0. The quantitative estimate of drug-likeness (QED) is 0.603. The highest BCUT2D eigenvalue weighted by molar-refractivity contribution is 6.16. The number of carbonyl (C=O) groups excluding carboxylic acids is 2. The lowest BCUT2D eigenvalue weighted by Crippen LogP contribution is -2.37. The van der Waals surface area contributed by atoms with E-state index in [4.69, 9.17) is 0 Å². The molecule has 13 heavy (non-hydrogen) atoms. The van der Waals surface area contributed by atoms with Gasteiger partial charge in [0.05, 0.1) is 0 Å². The molecule has 72 valence electrons. The molecule has 0 saturated carbocycles. The van der Waals surface area contributed by atoms with Gasteiger partial charge in [-0.25, -0.2) is 0 Å². The van der Waals surface area contributed by atoms with Gasteiger partial charge in [0.25, 0.3) is 11.8 Å². The van der Waals surface area contributed by atoms with Crippen molar-refractivity contribution in [3.05, 3.63) is 11.6 Å². The van der Waals surface area contributed by atoms with Crippen LogP contribution < -0.4 is 0 Å². The molecule has 0 N–H and O–H groups in total. The maximum atomic E-state index is 11.6. The third kappa shape index (κ3) is 1.64. The van der Waals surface area contributed by atoms with Crippen molar-refractivity contribution in [1.82, 2.24) is 4.90 Å². The number of carbonyl (C=O) groups is 2. The van der Waals surface area contributed by atoms with Gasteiger partial charge in [-0.3, -0.25) is 14.5 Å². The summed E-state index contributed by atoms with van der Waals surface area (Å²) in [7, 11) is 0. The highest BCUT2D eigenvalue weighted by Crippen LogP contribution is 2.21. The van der Waals surface area contributed by atoms with Crippen LogP contribution in [0.25, 0.3) is 0 Å². The Bertz CT molecular complexity index is 277. The summed E-state index contributed by atoms with van der Waals surface area (Å²) in [5.74, 6) is -0.182. The fourth-order valence-electron chi connectivity index (χ4n) is 1.41. The summed E-state index contributed by atoms with van der Waals surface area (Å²) in [4.78, 5) is 24.3. The molecule has 0 aliphatic carbocycles. The summed E-state index contributed by atoms with van der Waals surface area (Å²) in [5, 5.41) is 0. The van der Waals surface area contributed by atoms with Crippen LogP contribution in [0.1, 0.15) is 27.7 Å². The molecular formula is C10H15NO2. The van der Waals surface area contributed by atoms with Crippen LogP contribution in [0.2, 0.25) is 0 Å². The second kappa shape index (κ2) is 3.32. The molecule has 0 bridgehead atoms. The fourth-order valence-corrected chi connectivity index (χ4v) is 1.41. The fraction of sp³-hybridized carbons (Fsp3) is 0.600. The van der Waals surface area contributed by atoms with E-state index < -0.39 is 0 Å². The zero-order valence-corrected chi connectivity index (χ0v) is 8.50. The Balaban J connectivity index is 2.93.